The highest BCUT2D eigenvalue weighted by Gasteiger charge is 2.02. The maximum Gasteiger partial charge on any atom is 0.243 e. The van der Waals surface area contributed by atoms with E-state index in [0.29, 0.717) is 26.4 Å². The van der Waals surface area contributed by atoms with Gasteiger partial charge in [0, 0.05) is 7.11 Å². The smallest absolute Gasteiger partial charge is 0.243 e. The minimum atomic E-state index is 0.630. The second-order valence-corrected chi connectivity index (χ2v) is 4.46. The van der Waals surface area contributed by atoms with E-state index < -0.39 is 0 Å². The summed E-state index contributed by atoms with van der Waals surface area (Å²) in [6, 6.07) is 0. The van der Waals surface area contributed by atoms with Gasteiger partial charge in [-0.2, -0.15) is 0 Å². The summed E-state index contributed by atoms with van der Waals surface area (Å²) in [5.41, 5.74) is 0. The third kappa shape index (κ3) is 7.97. The lowest BCUT2D eigenvalue weighted by Crippen LogP contribution is -2.30. The van der Waals surface area contributed by atoms with E-state index in [1.165, 1.54) is 12.8 Å². The minimum absolute atomic E-state index is 0.630. The van der Waals surface area contributed by atoms with Gasteiger partial charge in [-0.05, 0) is 6.42 Å². The quantitative estimate of drug-likeness (QED) is 0.424. The Morgan fingerprint density at radius 1 is 1.05 bits per heavy atom. The fourth-order valence-electron chi connectivity index (χ4n) is 1.68. The van der Waals surface area contributed by atoms with Crippen LogP contribution in [0.4, 0.5) is 0 Å². The molecule has 19 heavy (non-hydrogen) atoms. The second-order valence-electron chi connectivity index (χ2n) is 4.46. The molecule has 0 amide bonds. The molecular formula is C14H27N2O3+. The van der Waals surface area contributed by atoms with Crippen molar-refractivity contribution in [3.63, 3.8) is 0 Å². The first-order valence-electron chi connectivity index (χ1n) is 7.06. The Morgan fingerprint density at radius 2 is 1.79 bits per heavy atom. The molecule has 0 aliphatic rings. The maximum atomic E-state index is 5.51. The van der Waals surface area contributed by atoms with Gasteiger partial charge in [-0.25, -0.2) is 9.13 Å². The number of aromatic nitrogens is 2. The first-order valence-corrected chi connectivity index (χ1v) is 7.06. The number of imidazole rings is 1. The van der Waals surface area contributed by atoms with E-state index in [1.54, 1.807) is 7.11 Å². The van der Waals surface area contributed by atoms with Crippen LogP contribution in [0.2, 0.25) is 0 Å². The highest BCUT2D eigenvalue weighted by molar-refractivity contribution is 4.65. The van der Waals surface area contributed by atoms with Crippen molar-refractivity contribution in [3.05, 3.63) is 18.7 Å². The third-order valence-corrected chi connectivity index (χ3v) is 2.81. The zero-order valence-electron chi connectivity index (χ0n) is 12.2. The number of methoxy groups -OCH3 is 1. The summed E-state index contributed by atoms with van der Waals surface area (Å²) < 4.78 is 20.1. The Hall–Kier alpha value is -0.910. The van der Waals surface area contributed by atoms with Gasteiger partial charge in [-0.3, -0.25) is 0 Å². The highest BCUT2D eigenvalue weighted by Crippen LogP contribution is 1.90. The van der Waals surface area contributed by atoms with Gasteiger partial charge in [0.05, 0.1) is 39.6 Å². The van der Waals surface area contributed by atoms with Crippen molar-refractivity contribution in [2.24, 2.45) is 0 Å². The lowest BCUT2D eigenvalue weighted by atomic mass is 10.3. The van der Waals surface area contributed by atoms with E-state index in [2.05, 4.69) is 34.8 Å². The van der Waals surface area contributed by atoms with E-state index in [9.17, 15) is 0 Å². The number of rotatable bonds is 12. The summed E-state index contributed by atoms with van der Waals surface area (Å²) in [6.07, 6.45) is 8.79. The average Bonchev–Trinajstić information content (AvgIpc) is 2.87. The number of aryl methyl sites for hydroxylation is 1. The fraction of sp³-hybridized carbons (Fsp3) is 0.786. The summed E-state index contributed by atoms with van der Waals surface area (Å²) in [5.74, 6) is 0. The Morgan fingerprint density at radius 3 is 2.53 bits per heavy atom. The molecule has 5 nitrogen and oxygen atoms in total. The minimum Gasteiger partial charge on any atom is -0.382 e. The van der Waals surface area contributed by atoms with Gasteiger partial charge in [-0.1, -0.05) is 13.3 Å². The maximum absolute atomic E-state index is 5.51. The highest BCUT2D eigenvalue weighted by atomic mass is 16.5. The molecule has 1 heterocycles. The van der Waals surface area contributed by atoms with Crippen LogP contribution in [0, 0.1) is 0 Å². The van der Waals surface area contributed by atoms with Crippen LogP contribution >= 0.6 is 0 Å². The van der Waals surface area contributed by atoms with Crippen LogP contribution in [0.3, 0.4) is 0 Å². The van der Waals surface area contributed by atoms with Gasteiger partial charge in [0.25, 0.3) is 0 Å². The summed E-state index contributed by atoms with van der Waals surface area (Å²) >= 11 is 0. The Balaban J connectivity index is 1.98. The van der Waals surface area contributed by atoms with E-state index in [-0.39, 0.29) is 0 Å². The van der Waals surface area contributed by atoms with E-state index >= 15 is 0 Å². The lowest BCUT2D eigenvalue weighted by Gasteiger charge is -2.04. The predicted molar refractivity (Wildman–Crippen MR) is 73.0 cm³/mol. The Kier molecular flexibility index (Phi) is 9.32. The van der Waals surface area contributed by atoms with Crippen molar-refractivity contribution in [2.75, 3.05) is 40.1 Å². The lowest BCUT2D eigenvalue weighted by molar-refractivity contribution is -0.696. The standard InChI is InChI=1S/C14H27N2O3/c1-3-4-5-15-6-7-16(14-15)8-9-18-12-13-19-11-10-17-2/h6-7,14H,3-5,8-13H2,1-2H3/q+1. The predicted octanol–water partition coefficient (Wildman–Crippen LogP) is 1.26. The van der Waals surface area contributed by atoms with E-state index in [0.717, 1.165) is 19.7 Å². The van der Waals surface area contributed by atoms with Crippen LogP contribution in [-0.2, 0) is 27.3 Å². The zero-order valence-corrected chi connectivity index (χ0v) is 12.2. The molecule has 0 aromatic carbocycles. The van der Waals surface area contributed by atoms with Crippen molar-refractivity contribution >= 4 is 0 Å². The Labute approximate surface area is 116 Å². The Bertz CT molecular complexity index is 315. The van der Waals surface area contributed by atoms with Crippen molar-refractivity contribution < 1.29 is 18.8 Å². The van der Waals surface area contributed by atoms with Crippen molar-refractivity contribution in [2.45, 2.75) is 32.9 Å². The van der Waals surface area contributed by atoms with Gasteiger partial charge in [0.2, 0.25) is 6.33 Å². The molecule has 0 atom stereocenters. The molecule has 0 N–H and O–H groups in total. The molecule has 1 rings (SSSR count). The molecule has 0 bridgehead atoms. The SMILES string of the molecule is CCCC[n+]1ccn(CCOCCOCCOC)c1. The topological polar surface area (TPSA) is 36.5 Å². The van der Waals surface area contributed by atoms with Gasteiger partial charge in [-0.15, -0.1) is 0 Å². The number of nitrogens with zero attached hydrogens (tertiary/aromatic N) is 2. The fourth-order valence-corrected chi connectivity index (χ4v) is 1.68. The van der Waals surface area contributed by atoms with Crippen LogP contribution in [0.5, 0.6) is 0 Å². The van der Waals surface area contributed by atoms with Crippen LogP contribution in [-0.4, -0.2) is 44.7 Å². The van der Waals surface area contributed by atoms with Crippen molar-refractivity contribution in [1.29, 1.82) is 0 Å². The molecule has 0 aliphatic heterocycles. The number of ether oxygens (including phenoxy) is 3. The molecule has 0 radical (unpaired) electrons. The zero-order chi connectivity index (χ0) is 13.8. The molecule has 0 spiro atoms. The molecule has 0 fully saturated rings. The number of unbranched alkanes of at least 4 members (excludes halogenated alkanes) is 1. The molecule has 0 saturated heterocycles. The summed E-state index contributed by atoms with van der Waals surface area (Å²) in [4.78, 5) is 0. The van der Waals surface area contributed by atoms with E-state index in [4.69, 9.17) is 14.2 Å². The summed E-state index contributed by atoms with van der Waals surface area (Å²) in [7, 11) is 1.67. The molecule has 110 valence electrons. The van der Waals surface area contributed by atoms with Crippen LogP contribution in [0.1, 0.15) is 19.8 Å². The molecule has 0 unspecified atom stereocenters. The molecule has 1 aromatic heterocycles. The van der Waals surface area contributed by atoms with Gasteiger partial charge in [0.1, 0.15) is 18.9 Å². The van der Waals surface area contributed by atoms with Gasteiger partial charge in [0.15, 0.2) is 0 Å². The molecule has 0 saturated carbocycles. The summed E-state index contributed by atoms with van der Waals surface area (Å²) in [6.45, 7) is 7.45. The first kappa shape index (κ1) is 16.1. The normalized spacial score (nSPS) is 11.1. The first-order chi connectivity index (χ1) is 9.36. The van der Waals surface area contributed by atoms with Crippen molar-refractivity contribution in [1.82, 2.24) is 4.57 Å². The third-order valence-electron chi connectivity index (χ3n) is 2.81. The molecule has 5 heteroatoms. The number of hydrogen-bond acceptors (Lipinski definition) is 3. The average molecular weight is 271 g/mol. The van der Waals surface area contributed by atoms with E-state index in [1.807, 2.05) is 0 Å². The largest absolute Gasteiger partial charge is 0.382 e. The molecular weight excluding hydrogens is 244 g/mol. The van der Waals surface area contributed by atoms with Crippen LogP contribution in [0.15, 0.2) is 18.7 Å². The van der Waals surface area contributed by atoms with Crippen LogP contribution in [0.25, 0.3) is 0 Å². The summed E-state index contributed by atoms with van der Waals surface area (Å²) in [5, 5.41) is 0. The van der Waals surface area contributed by atoms with Gasteiger partial charge >= 0.3 is 0 Å². The molecule has 0 aliphatic carbocycles. The van der Waals surface area contributed by atoms with Crippen LogP contribution < -0.4 is 4.57 Å². The molecule has 1 aromatic rings. The van der Waals surface area contributed by atoms with Crippen molar-refractivity contribution in [3.8, 4) is 0 Å². The monoisotopic (exact) mass is 271 g/mol. The second kappa shape index (κ2) is 11.0. The van der Waals surface area contributed by atoms with Gasteiger partial charge < -0.3 is 14.2 Å². The number of hydrogen-bond donors (Lipinski definition) is 0.